The maximum Gasteiger partial charge on any atom is 0.252 e. The van der Waals surface area contributed by atoms with Gasteiger partial charge in [0.15, 0.2) is 5.82 Å². The molecule has 0 spiro atoms. The first-order valence-corrected chi connectivity index (χ1v) is 13.7. The van der Waals surface area contributed by atoms with Crippen LogP contribution in [-0.4, -0.2) is 36.6 Å². The molecule has 0 bridgehead atoms. The standard InChI is InChI=1S/C32H36N6O/c1-4-30(31-34-35-36-38(31)19-16-25-11-6-5-7-12-25)37(18-17-26-13-9-8-10-24(26)3)22-28-21-27-20-23(2)14-15-29(27)33-32(28)39/h5-15,20-21,30H,4,16-19,22H2,1-3H3,(H,33,39). The first-order valence-electron chi connectivity index (χ1n) is 13.7. The van der Waals surface area contributed by atoms with E-state index in [9.17, 15) is 4.79 Å². The van der Waals surface area contributed by atoms with Crippen LogP contribution in [0.2, 0.25) is 0 Å². The summed E-state index contributed by atoms with van der Waals surface area (Å²) in [6.07, 6.45) is 2.55. The first kappa shape index (κ1) is 26.5. The highest BCUT2D eigenvalue weighted by Gasteiger charge is 2.26. The Morgan fingerprint density at radius 2 is 1.72 bits per heavy atom. The number of aryl methyl sites for hydroxylation is 4. The van der Waals surface area contributed by atoms with Gasteiger partial charge in [0.05, 0.1) is 6.04 Å². The van der Waals surface area contributed by atoms with Gasteiger partial charge in [-0.1, -0.05) is 73.2 Å². The molecule has 7 heteroatoms. The number of H-pyrrole nitrogens is 1. The number of fused-ring (bicyclic) bond motifs is 1. The van der Waals surface area contributed by atoms with E-state index in [0.717, 1.165) is 48.1 Å². The third-order valence-corrected chi connectivity index (χ3v) is 7.52. The molecule has 0 saturated carbocycles. The molecule has 0 aliphatic carbocycles. The Bertz CT molecular complexity index is 1590. The highest BCUT2D eigenvalue weighted by Crippen LogP contribution is 2.25. The Labute approximate surface area is 229 Å². The van der Waals surface area contributed by atoms with Gasteiger partial charge in [-0.15, -0.1) is 5.10 Å². The molecule has 5 rings (SSSR count). The lowest BCUT2D eigenvalue weighted by Gasteiger charge is -2.30. The summed E-state index contributed by atoms with van der Waals surface area (Å²) in [4.78, 5) is 18.6. The van der Waals surface area contributed by atoms with Crippen molar-refractivity contribution in [1.82, 2.24) is 30.1 Å². The Morgan fingerprint density at radius 1 is 0.923 bits per heavy atom. The van der Waals surface area contributed by atoms with E-state index in [1.54, 1.807) is 0 Å². The Hall–Kier alpha value is -4.10. The van der Waals surface area contributed by atoms with Crippen LogP contribution in [0.25, 0.3) is 10.9 Å². The second-order valence-corrected chi connectivity index (χ2v) is 10.3. The summed E-state index contributed by atoms with van der Waals surface area (Å²) in [6, 6.07) is 27.0. The van der Waals surface area contributed by atoms with Crippen molar-refractivity contribution in [2.24, 2.45) is 0 Å². The van der Waals surface area contributed by atoms with Gasteiger partial charge in [0, 0.05) is 30.7 Å². The SMILES string of the molecule is CCC(c1nnnn1CCc1ccccc1)N(CCc1ccccc1C)Cc1cc2cc(C)ccc2[nH]c1=O. The number of hydrogen-bond acceptors (Lipinski definition) is 5. The van der Waals surface area contributed by atoms with Gasteiger partial charge in [-0.05, 0) is 83.8 Å². The predicted octanol–water partition coefficient (Wildman–Crippen LogP) is 5.57. The van der Waals surface area contributed by atoms with Crippen molar-refractivity contribution in [3.63, 3.8) is 0 Å². The zero-order valence-electron chi connectivity index (χ0n) is 23.0. The smallest absolute Gasteiger partial charge is 0.252 e. The number of nitrogens with zero attached hydrogens (tertiary/aromatic N) is 5. The third kappa shape index (κ3) is 6.32. The lowest BCUT2D eigenvalue weighted by atomic mass is 10.0. The van der Waals surface area contributed by atoms with E-state index in [1.165, 1.54) is 22.3 Å². The van der Waals surface area contributed by atoms with E-state index in [4.69, 9.17) is 0 Å². The number of tetrazole rings is 1. The summed E-state index contributed by atoms with van der Waals surface area (Å²) in [5.41, 5.74) is 6.56. The van der Waals surface area contributed by atoms with Crippen LogP contribution in [0.1, 0.15) is 53.0 Å². The summed E-state index contributed by atoms with van der Waals surface area (Å²) in [7, 11) is 0. The van der Waals surface area contributed by atoms with Gasteiger partial charge in [-0.2, -0.15) is 0 Å². The zero-order chi connectivity index (χ0) is 27.2. The fourth-order valence-corrected chi connectivity index (χ4v) is 5.30. The van der Waals surface area contributed by atoms with Crippen LogP contribution in [0.15, 0.2) is 83.7 Å². The molecule has 0 aliphatic rings. The molecule has 2 aromatic heterocycles. The topological polar surface area (TPSA) is 79.7 Å². The maximum absolute atomic E-state index is 13.2. The molecular weight excluding hydrogens is 484 g/mol. The minimum atomic E-state index is -0.0502. The monoisotopic (exact) mass is 520 g/mol. The lowest BCUT2D eigenvalue weighted by molar-refractivity contribution is 0.171. The number of hydrogen-bond donors (Lipinski definition) is 1. The average molecular weight is 521 g/mol. The summed E-state index contributed by atoms with van der Waals surface area (Å²) in [5, 5.41) is 14.0. The van der Waals surface area contributed by atoms with Gasteiger partial charge in [0.25, 0.3) is 5.56 Å². The lowest BCUT2D eigenvalue weighted by Crippen LogP contribution is -2.34. The molecule has 3 aromatic carbocycles. The Kier molecular flexibility index (Phi) is 8.27. The quantitative estimate of drug-likeness (QED) is 0.246. The Morgan fingerprint density at radius 3 is 2.51 bits per heavy atom. The van der Waals surface area contributed by atoms with Gasteiger partial charge in [-0.3, -0.25) is 9.69 Å². The molecule has 1 unspecified atom stereocenters. The van der Waals surface area contributed by atoms with Gasteiger partial charge in [-0.25, -0.2) is 4.68 Å². The highest BCUT2D eigenvalue weighted by atomic mass is 16.1. The molecule has 1 N–H and O–H groups in total. The Balaban J connectivity index is 1.46. The molecule has 0 radical (unpaired) electrons. The van der Waals surface area contributed by atoms with Crippen LogP contribution < -0.4 is 5.56 Å². The number of nitrogens with one attached hydrogen (secondary N) is 1. The van der Waals surface area contributed by atoms with Crippen LogP contribution in [0.5, 0.6) is 0 Å². The van der Waals surface area contributed by atoms with E-state index >= 15 is 0 Å². The molecule has 0 amide bonds. The van der Waals surface area contributed by atoms with E-state index in [1.807, 2.05) is 28.9 Å². The van der Waals surface area contributed by atoms with E-state index in [0.29, 0.717) is 13.1 Å². The molecule has 200 valence electrons. The second kappa shape index (κ2) is 12.2. The van der Waals surface area contributed by atoms with Crippen LogP contribution in [0, 0.1) is 13.8 Å². The minimum absolute atomic E-state index is 0.0348. The third-order valence-electron chi connectivity index (χ3n) is 7.52. The molecular formula is C32H36N6O. The summed E-state index contributed by atoms with van der Waals surface area (Å²) < 4.78 is 1.93. The van der Waals surface area contributed by atoms with E-state index < -0.39 is 0 Å². The van der Waals surface area contributed by atoms with Crippen molar-refractivity contribution < 1.29 is 0 Å². The molecule has 5 aromatic rings. The number of aromatic amines is 1. The molecule has 2 heterocycles. The molecule has 1 atom stereocenters. The largest absolute Gasteiger partial charge is 0.322 e. The normalized spacial score (nSPS) is 12.3. The molecule has 39 heavy (non-hydrogen) atoms. The van der Waals surface area contributed by atoms with E-state index in [2.05, 4.69) is 101 Å². The van der Waals surface area contributed by atoms with Gasteiger partial charge >= 0.3 is 0 Å². The maximum atomic E-state index is 13.2. The van der Waals surface area contributed by atoms with Crippen molar-refractivity contribution in [2.45, 2.75) is 59.2 Å². The average Bonchev–Trinajstić information content (AvgIpc) is 3.41. The van der Waals surface area contributed by atoms with Crippen molar-refractivity contribution in [3.05, 3.63) is 123 Å². The molecule has 0 saturated heterocycles. The summed E-state index contributed by atoms with van der Waals surface area (Å²) >= 11 is 0. The fourth-order valence-electron chi connectivity index (χ4n) is 5.30. The van der Waals surface area contributed by atoms with Crippen LogP contribution in [0.3, 0.4) is 0 Å². The fraction of sp³-hybridized carbons (Fsp3) is 0.312. The molecule has 0 fully saturated rings. The van der Waals surface area contributed by atoms with Crippen LogP contribution in [0.4, 0.5) is 0 Å². The second-order valence-electron chi connectivity index (χ2n) is 10.3. The number of rotatable bonds is 11. The predicted molar refractivity (Wildman–Crippen MR) is 156 cm³/mol. The number of aromatic nitrogens is 5. The van der Waals surface area contributed by atoms with Crippen LogP contribution in [-0.2, 0) is 25.9 Å². The summed E-state index contributed by atoms with van der Waals surface area (Å²) in [5.74, 6) is 0.839. The minimum Gasteiger partial charge on any atom is -0.322 e. The van der Waals surface area contributed by atoms with Crippen molar-refractivity contribution in [1.29, 1.82) is 0 Å². The first-order chi connectivity index (χ1) is 19.0. The van der Waals surface area contributed by atoms with Crippen LogP contribution >= 0.6 is 0 Å². The van der Waals surface area contributed by atoms with Crippen molar-refractivity contribution >= 4 is 10.9 Å². The van der Waals surface area contributed by atoms with Gasteiger partial charge in [0.1, 0.15) is 0 Å². The van der Waals surface area contributed by atoms with E-state index in [-0.39, 0.29) is 11.6 Å². The zero-order valence-corrected chi connectivity index (χ0v) is 23.0. The van der Waals surface area contributed by atoms with Gasteiger partial charge < -0.3 is 4.98 Å². The highest BCUT2D eigenvalue weighted by molar-refractivity contribution is 5.79. The molecule has 0 aliphatic heterocycles. The number of pyridine rings is 1. The molecule has 7 nitrogen and oxygen atoms in total. The van der Waals surface area contributed by atoms with Gasteiger partial charge in [0.2, 0.25) is 0 Å². The van der Waals surface area contributed by atoms with Crippen molar-refractivity contribution in [3.8, 4) is 0 Å². The van der Waals surface area contributed by atoms with Crippen molar-refractivity contribution in [2.75, 3.05) is 6.54 Å². The number of benzene rings is 3. The summed E-state index contributed by atoms with van der Waals surface area (Å²) in [6.45, 7) is 8.37.